The molecule has 0 aliphatic heterocycles. The van der Waals surface area contributed by atoms with Gasteiger partial charge in [0.2, 0.25) is 5.91 Å². The van der Waals surface area contributed by atoms with E-state index in [0.717, 1.165) is 12.8 Å². The number of benzene rings is 2. The second kappa shape index (κ2) is 9.36. The number of ether oxygens (including phenoxy) is 1. The van der Waals surface area contributed by atoms with Crippen LogP contribution in [0.4, 0.5) is 4.79 Å². The molecule has 7 heteroatoms. The van der Waals surface area contributed by atoms with Crippen molar-refractivity contribution in [2.75, 3.05) is 6.61 Å². The highest BCUT2D eigenvalue weighted by molar-refractivity contribution is 5.87. The van der Waals surface area contributed by atoms with E-state index in [4.69, 9.17) is 9.84 Å². The summed E-state index contributed by atoms with van der Waals surface area (Å²) in [6.45, 7) is 2.19. The van der Waals surface area contributed by atoms with Crippen LogP contribution in [0.25, 0.3) is 11.1 Å². The van der Waals surface area contributed by atoms with Crippen LogP contribution >= 0.6 is 0 Å². The van der Waals surface area contributed by atoms with Crippen LogP contribution in [0.1, 0.15) is 62.5 Å². The predicted octanol–water partition coefficient (Wildman–Crippen LogP) is 4.45. The van der Waals surface area contributed by atoms with Crippen LogP contribution < -0.4 is 10.6 Å². The monoisotopic (exact) mass is 476 g/mol. The molecular weight excluding hydrogens is 444 g/mol. The minimum Gasteiger partial charge on any atom is -0.481 e. The average Bonchev–Trinajstić information content (AvgIpc) is 3.26. The number of alkyl carbamates (subject to hydrolysis) is 1. The summed E-state index contributed by atoms with van der Waals surface area (Å²) in [6.07, 6.45) is 3.11. The lowest BCUT2D eigenvalue weighted by molar-refractivity contribution is -0.137. The molecule has 0 heterocycles. The molecule has 0 saturated heterocycles. The molecule has 184 valence electrons. The molecule has 0 bridgehead atoms. The van der Waals surface area contributed by atoms with Gasteiger partial charge in [0.05, 0.1) is 5.41 Å². The van der Waals surface area contributed by atoms with Crippen molar-refractivity contribution in [2.24, 2.45) is 11.3 Å². The van der Waals surface area contributed by atoms with Gasteiger partial charge in [0, 0.05) is 24.4 Å². The van der Waals surface area contributed by atoms with E-state index in [1.807, 2.05) is 31.2 Å². The Morgan fingerprint density at radius 2 is 1.71 bits per heavy atom. The highest BCUT2D eigenvalue weighted by atomic mass is 16.5. The third-order valence-electron chi connectivity index (χ3n) is 7.93. The van der Waals surface area contributed by atoms with Gasteiger partial charge in [-0.3, -0.25) is 9.59 Å². The van der Waals surface area contributed by atoms with E-state index in [2.05, 4.69) is 34.9 Å². The van der Waals surface area contributed by atoms with Crippen molar-refractivity contribution in [2.45, 2.75) is 63.5 Å². The Hall–Kier alpha value is -3.35. The van der Waals surface area contributed by atoms with Crippen molar-refractivity contribution in [3.63, 3.8) is 0 Å². The second-order valence-electron chi connectivity index (χ2n) is 10.3. The number of carboxylic acid groups (broad SMARTS) is 1. The summed E-state index contributed by atoms with van der Waals surface area (Å²) in [7, 11) is 0. The molecule has 3 aliphatic rings. The molecule has 0 aromatic heterocycles. The van der Waals surface area contributed by atoms with Gasteiger partial charge in [0.15, 0.2) is 0 Å². The maximum atomic E-state index is 12.9. The lowest BCUT2D eigenvalue weighted by atomic mass is 9.98. The maximum absolute atomic E-state index is 12.9. The molecule has 35 heavy (non-hydrogen) atoms. The number of fused-ring (bicyclic) bond motifs is 4. The van der Waals surface area contributed by atoms with Crippen LogP contribution in [-0.2, 0) is 14.3 Å². The number of hydrogen-bond acceptors (Lipinski definition) is 4. The number of amides is 2. The zero-order valence-corrected chi connectivity index (χ0v) is 20.0. The highest BCUT2D eigenvalue weighted by Crippen LogP contribution is 2.63. The van der Waals surface area contributed by atoms with Gasteiger partial charge in [0.1, 0.15) is 6.61 Å². The van der Waals surface area contributed by atoms with E-state index in [0.29, 0.717) is 19.3 Å². The number of aliphatic carboxylic acids is 1. The number of rotatable bonds is 9. The van der Waals surface area contributed by atoms with Gasteiger partial charge < -0.3 is 20.5 Å². The smallest absolute Gasteiger partial charge is 0.407 e. The molecular formula is C28H32N2O5. The number of carbonyl (C=O) groups excluding carboxylic acids is 2. The van der Waals surface area contributed by atoms with Crippen LogP contribution in [0.15, 0.2) is 48.5 Å². The van der Waals surface area contributed by atoms with Crippen molar-refractivity contribution in [1.29, 1.82) is 0 Å². The van der Waals surface area contributed by atoms with Crippen molar-refractivity contribution in [1.82, 2.24) is 10.6 Å². The van der Waals surface area contributed by atoms with E-state index in [1.54, 1.807) is 0 Å². The SMILES string of the molecule is CC(CCCC(=O)O)NC(=O)[C@]12C[C@H](NC(=O)OCC3c4ccccc4-c4ccccc43)C[C@H]1C2. The molecule has 0 radical (unpaired) electrons. The Morgan fingerprint density at radius 1 is 1.06 bits per heavy atom. The first-order valence-electron chi connectivity index (χ1n) is 12.5. The molecule has 3 aliphatic carbocycles. The van der Waals surface area contributed by atoms with E-state index >= 15 is 0 Å². The quantitative estimate of drug-likeness (QED) is 0.496. The van der Waals surface area contributed by atoms with E-state index in [9.17, 15) is 14.4 Å². The highest BCUT2D eigenvalue weighted by Gasteiger charge is 2.65. The summed E-state index contributed by atoms with van der Waals surface area (Å²) in [5.41, 5.74) is 4.34. The van der Waals surface area contributed by atoms with Gasteiger partial charge in [-0.2, -0.15) is 0 Å². The first-order chi connectivity index (χ1) is 16.9. The fraction of sp³-hybridized carbons (Fsp3) is 0.464. The van der Waals surface area contributed by atoms with E-state index in [-0.39, 0.29) is 42.9 Å². The first kappa shape index (κ1) is 23.4. The van der Waals surface area contributed by atoms with Crippen molar-refractivity contribution < 1.29 is 24.2 Å². The first-order valence-corrected chi connectivity index (χ1v) is 12.5. The van der Waals surface area contributed by atoms with Crippen LogP contribution in [0.2, 0.25) is 0 Å². The summed E-state index contributed by atoms with van der Waals surface area (Å²) in [5, 5.41) is 14.8. The van der Waals surface area contributed by atoms with Crippen molar-refractivity contribution in [3.8, 4) is 11.1 Å². The summed E-state index contributed by atoms with van der Waals surface area (Å²) in [6, 6.07) is 16.4. The van der Waals surface area contributed by atoms with Gasteiger partial charge in [-0.25, -0.2) is 4.79 Å². The summed E-state index contributed by atoms with van der Waals surface area (Å²) in [5.74, 6) is -0.484. The normalized spacial score (nSPS) is 24.6. The van der Waals surface area contributed by atoms with Crippen molar-refractivity contribution in [3.05, 3.63) is 59.7 Å². The molecule has 3 N–H and O–H groups in total. The number of carboxylic acids is 1. The Labute approximate surface area is 205 Å². The van der Waals surface area contributed by atoms with Gasteiger partial charge in [-0.05, 0) is 67.2 Å². The lowest BCUT2D eigenvalue weighted by Crippen LogP contribution is -2.41. The number of nitrogens with one attached hydrogen (secondary N) is 2. The lowest BCUT2D eigenvalue weighted by Gasteiger charge is -2.21. The number of carbonyl (C=O) groups is 3. The topological polar surface area (TPSA) is 105 Å². The summed E-state index contributed by atoms with van der Waals surface area (Å²) < 4.78 is 5.67. The third-order valence-corrected chi connectivity index (χ3v) is 7.93. The summed E-state index contributed by atoms with van der Waals surface area (Å²) >= 11 is 0. The standard InChI is InChI=1S/C28H32N2O5/c1-17(7-6-12-25(31)32)29-26(33)28-14-18(28)13-19(15-28)30-27(34)35-16-24-22-10-4-2-8-20(22)21-9-3-5-11-23(21)24/h2-5,8-11,17-19,24H,6-7,12-16H2,1H3,(H,29,33)(H,30,34)(H,31,32)/t17?,18-,19+,28+/m0/s1. The van der Waals surface area contributed by atoms with Gasteiger partial charge in [-0.15, -0.1) is 0 Å². The Bertz CT molecular complexity index is 1100. The fourth-order valence-electron chi connectivity index (χ4n) is 6.09. The molecule has 4 atom stereocenters. The molecule has 2 aromatic rings. The van der Waals surface area contributed by atoms with Crippen LogP contribution in [-0.4, -0.2) is 41.8 Å². The fourth-order valence-corrected chi connectivity index (χ4v) is 6.09. The average molecular weight is 477 g/mol. The molecule has 2 saturated carbocycles. The zero-order valence-electron chi connectivity index (χ0n) is 20.0. The molecule has 1 unspecified atom stereocenters. The second-order valence-corrected chi connectivity index (χ2v) is 10.3. The van der Waals surface area contributed by atoms with Crippen LogP contribution in [0, 0.1) is 11.3 Å². The molecule has 2 amide bonds. The minimum absolute atomic E-state index is 0.0184. The molecule has 5 rings (SSSR count). The third kappa shape index (κ3) is 4.64. The van der Waals surface area contributed by atoms with Gasteiger partial charge in [-0.1, -0.05) is 48.5 Å². The molecule has 2 aromatic carbocycles. The number of hydrogen-bond donors (Lipinski definition) is 3. The molecule has 2 fully saturated rings. The summed E-state index contributed by atoms with van der Waals surface area (Å²) in [4.78, 5) is 36.2. The maximum Gasteiger partial charge on any atom is 0.407 e. The van der Waals surface area contributed by atoms with Crippen LogP contribution in [0.5, 0.6) is 0 Å². The largest absolute Gasteiger partial charge is 0.481 e. The molecule has 0 spiro atoms. The minimum atomic E-state index is -0.817. The van der Waals surface area contributed by atoms with Gasteiger partial charge in [0.25, 0.3) is 0 Å². The Balaban J connectivity index is 1.12. The zero-order chi connectivity index (χ0) is 24.6. The Kier molecular flexibility index (Phi) is 6.26. The van der Waals surface area contributed by atoms with Crippen molar-refractivity contribution >= 4 is 18.0 Å². The van der Waals surface area contributed by atoms with E-state index in [1.165, 1.54) is 22.3 Å². The van der Waals surface area contributed by atoms with Crippen LogP contribution in [0.3, 0.4) is 0 Å². The van der Waals surface area contributed by atoms with Gasteiger partial charge >= 0.3 is 12.1 Å². The van der Waals surface area contributed by atoms with E-state index < -0.39 is 17.5 Å². The molecule has 7 nitrogen and oxygen atoms in total. The predicted molar refractivity (Wildman–Crippen MR) is 131 cm³/mol. The Morgan fingerprint density at radius 3 is 2.37 bits per heavy atom.